The van der Waals surface area contributed by atoms with Crippen LogP contribution in [0.5, 0.6) is 0 Å². The number of aryl methyl sites for hydroxylation is 1. The molecule has 0 aliphatic carbocycles. The standard InChI is InChI=1S/C22H20N2O5S/c1-14-3-9-17(10-4-14)23-19(25)11-20-24-18(13-30-20)12-29-22(27)16-7-5-15(6-8-16)21(26)28-2/h3-10,13H,11-12H2,1-2H3,(H,23,25). The van der Waals surface area contributed by atoms with Gasteiger partial charge in [-0.15, -0.1) is 11.3 Å². The average molecular weight is 424 g/mol. The summed E-state index contributed by atoms with van der Waals surface area (Å²) in [5.74, 6) is -1.17. The number of rotatable bonds is 7. The van der Waals surface area contributed by atoms with Crippen LogP contribution in [0.25, 0.3) is 0 Å². The first-order valence-corrected chi connectivity index (χ1v) is 9.98. The van der Waals surface area contributed by atoms with E-state index >= 15 is 0 Å². The number of aromatic nitrogens is 1. The van der Waals surface area contributed by atoms with Crippen LogP contribution in [0, 0.1) is 6.92 Å². The molecule has 0 bridgehead atoms. The Labute approximate surface area is 177 Å². The number of thiazole rings is 1. The molecule has 1 heterocycles. The van der Waals surface area contributed by atoms with E-state index in [4.69, 9.17) is 4.74 Å². The molecule has 8 heteroatoms. The monoisotopic (exact) mass is 424 g/mol. The van der Waals surface area contributed by atoms with E-state index in [1.165, 1.54) is 42.7 Å². The Morgan fingerprint density at radius 1 is 0.967 bits per heavy atom. The fourth-order valence-electron chi connectivity index (χ4n) is 2.56. The highest BCUT2D eigenvalue weighted by Gasteiger charge is 2.13. The molecule has 1 aromatic heterocycles. The molecule has 0 aliphatic rings. The molecule has 0 saturated heterocycles. The van der Waals surface area contributed by atoms with Crippen LogP contribution >= 0.6 is 11.3 Å². The molecule has 1 amide bonds. The zero-order valence-corrected chi connectivity index (χ0v) is 17.3. The van der Waals surface area contributed by atoms with Crippen molar-refractivity contribution in [1.29, 1.82) is 0 Å². The number of ether oxygens (including phenoxy) is 2. The molecule has 0 aliphatic heterocycles. The van der Waals surface area contributed by atoms with Crippen molar-refractivity contribution in [1.82, 2.24) is 4.98 Å². The van der Waals surface area contributed by atoms with Gasteiger partial charge in [-0.25, -0.2) is 14.6 Å². The Hall–Kier alpha value is -3.52. The second-order valence-corrected chi connectivity index (χ2v) is 7.41. The molecular formula is C22H20N2O5S. The van der Waals surface area contributed by atoms with Gasteiger partial charge in [0, 0.05) is 11.1 Å². The fourth-order valence-corrected chi connectivity index (χ4v) is 3.34. The van der Waals surface area contributed by atoms with Gasteiger partial charge in [-0.3, -0.25) is 4.79 Å². The van der Waals surface area contributed by atoms with Crippen molar-refractivity contribution >= 4 is 34.9 Å². The quantitative estimate of drug-likeness (QED) is 0.580. The summed E-state index contributed by atoms with van der Waals surface area (Å²) in [5.41, 5.74) is 3.08. The number of esters is 2. The molecule has 7 nitrogen and oxygen atoms in total. The first kappa shape index (κ1) is 21.2. The molecule has 0 atom stereocenters. The van der Waals surface area contributed by atoms with Crippen molar-refractivity contribution in [3.8, 4) is 0 Å². The second kappa shape index (κ2) is 9.80. The molecule has 0 unspecified atom stereocenters. The fraction of sp³-hybridized carbons (Fsp3) is 0.182. The van der Waals surface area contributed by atoms with Gasteiger partial charge in [-0.05, 0) is 43.3 Å². The maximum absolute atomic E-state index is 12.2. The van der Waals surface area contributed by atoms with Crippen molar-refractivity contribution in [2.45, 2.75) is 20.0 Å². The van der Waals surface area contributed by atoms with Crippen LogP contribution < -0.4 is 5.32 Å². The highest BCUT2D eigenvalue weighted by Crippen LogP contribution is 2.15. The Morgan fingerprint density at radius 2 is 1.60 bits per heavy atom. The molecule has 0 radical (unpaired) electrons. The van der Waals surface area contributed by atoms with E-state index in [0.29, 0.717) is 21.8 Å². The lowest BCUT2D eigenvalue weighted by molar-refractivity contribution is -0.115. The summed E-state index contributed by atoms with van der Waals surface area (Å²) in [5, 5.41) is 5.21. The number of anilines is 1. The molecule has 0 spiro atoms. The van der Waals surface area contributed by atoms with Crippen LogP contribution in [0.4, 0.5) is 5.69 Å². The van der Waals surface area contributed by atoms with E-state index in [1.54, 1.807) is 5.38 Å². The molecule has 30 heavy (non-hydrogen) atoms. The van der Waals surface area contributed by atoms with Gasteiger partial charge in [0.15, 0.2) is 0 Å². The topological polar surface area (TPSA) is 94.6 Å². The maximum atomic E-state index is 12.2. The summed E-state index contributed by atoms with van der Waals surface area (Å²) < 4.78 is 9.87. The molecule has 1 N–H and O–H groups in total. The number of methoxy groups -OCH3 is 1. The Morgan fingerprint density at radius 3 is 2.23 bits per heavy atom. The zero-order chi connectivity index (χ0) is 21.5. The second-order valence-electron chi connectivity index (χ2n) is 6.47. The van der Waals surface area contributed by atoms with Gasteiger partial charge >= 0.3 is 11.9 Å². The predicted octanol–water partition coefficient (Wildman–Crippen LogP) is 3.78. The lowest BCUT2D eigenvalue weighted by atomic mass is 10.1. The van der Waals surface area contributed by atoms with Gasteiger partial charge < -0.3 is 14.8 Å². The zero-order valence-electron chi connectivity index (χ0n) is 16.5. The Balaban J connectivity index is 1.50. The number of nitrogens with zero attached hydrogens (tertiary/aromatic N) is 1. The minimum Gasteiger partial charge on any atom is -0.465 e. The number of carbonyl (C=O) groups excluding carboxylic acids is 3. The SMILES string of the molecule is COC(=O)c1ccc(C(=O)OCc2csc(CC(=O)Nc3ccc(C)cc3)n2)cc1. The van der Waals surface area contributed by atoms with E-state index in [1.807, 2.05) is 31.2 Å². The molecule has 0 saturated carbocycles. The van der Waals surface area contributed by atoms with Crippen LogP contribution in [0.3, 0.4) is 0 Å². The number of amides is 1. The van der Waals surface area contributed by atoms with Crippen molar-refractivity contribution in [3.05, 3.63) is 81.3 Å². The third kappa shape index (κ3) is 5.74. The third-order valence-corrected chi connectivity index (χ3v) is 5.04. The number of carbonyl (C=O) groups is 3. The molecule has 154 valence electrons. The lowest BCUT2D eigenvalue weighted by Crippen LogP contribution is -2.14. The van der Waals surface area contributed by atoms with Crippen LogP contribution in [-0.2, 0) is 27.3 Å². The highest BCUT2D eigenvalue weighted by atomic mass is 32.1. The summed E-state index contributed by atoms with van der Waals surface area (Å²) in [4.78, 5) is 40.1. The number of hydrogen-bond donors (Lipinski definition) is 1. The average Bonchev–Trinajstić information content (AvgIpc) is 3.20. The third-order valence-electron chi connectivity index (χ3n) is 4.14. The van der Waals surface area contributed by atoms with Crippen molar-refractivity contribution in [3.63, 3.8) is 0 Å². The summed E-state index contributed by atoms with van der Waals surface area (Å²) >= 11 is 1.33. The highest BCUT2D eigenvalue weighted by molar-refractivity contribution is 7.09. The van der Waals surface area contributed by atoms with Gasteiger partial charge in [0.05, 0.1) is 30.4 Å². The lowest BCUT2D eigenvalue weighted by Gasteiger charge is -2.05. The summed E-state index contributed by atoms with van der Waals surface area (Å²) in [6.07, 6.45) is 0.140. The Bertz CT molecular complexity index is 1040. The van der Waals surface area contributed by atoms with Gasteiger partial charge in [0.1, 0.15) is 11.6 Å². The molecule has 2 aromatic carbocycles. The van der Waals surface area contributed by atoms with E-state index in [2.05, 4.69) is 15.0 Å². The summed E-state index contributed by atoms with van der Waals surface area (Å²) in [6, 6.07) is 13.5. The summed E-state index contributed by atoms with van der Waals surface area (Å²) in [7, 11) is 1.29. The van der Waals surface area contributed by atoms with Crippen molar-refractivity contribution in [2.75, 3.05) is 12.4 Å². The van der Waals surface area contributed by atoms with Crippen molar-refractivity contribution in [2.24, 2.45) is 0 Å². The molecular weight excluding hydrogens is 404 g/mol. The molecule has 3 rings (SSSR count). The summed E-state index contributed by atoms with van der Waals surface area (Å²) in [6.45, 7) is 1.97. The van der Waals surface area contributed by atoms with Gasteiger partial charge in [-0.1, -0.05) is 17.7 Å². The van der Waals surface area contributed by atoms with Gasteiger partial charge in [-0.2, -0.15) is 0 Å². The number of nitrogens with one attached hydrogen (secondary N) is 1. The minimum absolute atomic E-state index is 0.00628. The normalized spacial score (nSPS) is 10.3. The first-order valence-electron chi connectivity index (χ1n) is 9.10. The number of hydrogen-bond acceptors (Lipinski definition) is 7. The van der Waals surface area contributed by atoms with Crippen LogP contribution in [0.2, 0.25) is 0 Å². The first-order chi connectivity index (χ1) is 14.4. The van der Waals surface area contributed by atoms with Gasteiger partial charge in [0.2, 0.25) is 5.91 Å². The van der Waals surface area contributed by atoms with Crippen LogP contribution in [-0.4, -0.2) is 29.9 Å². The smallest absolute Gasteiger partial charge is 0.338 e. The van der Waals surface area contributed by atoms with E-state index in [9.17, 15) is 14.4 Å². The minimum atomic E-state index is -0.530. The van der Waals surface area contributed by atoms with E-state index in [0.717, 1.165) is 11.3 Å². The van der Waals surface area contributed by atoms with Crippen LogP contribution in [0.15, 0.2) is 53.9 Å². The van der Waals surface area contributed by atoms with Crippen LogP contribution in [0.1, 0.15) is 37.0 Å². The largest absolute Gasteiger partial charge is 0.465 e. The molecule has 3 aromatic rings. The predicted molar refractivity (Wildman–Crippen MR) is 113 cm³/mol. The number of benzene rings is 2. The van der Waals surface area contributed by atoms with Crippen molar-refractivity contribution < 1.29 is 23.9 Å². The van der Waals surface area contributed by atoms with Gasteiger partial charge in [0.25, 0.3) is 0 Å². The Kier molecular flexibility index (Phi) is 6.92. The van der Waals surface area contributed by atoms with E-state index < -0.39 is 11.9 Å². The maximum Gasteiger partial charge on any atom is 0.338 e. The molecule has 0 fully saturated rings. The van der Waals surface area contributed by atoms with E-state index in [-0.39, 0.29) is 18.9 Å².